The molecule has 1 saturated heterocycles. The largest absolute Gasteiger partial charge is 0.375 e. The van der Waals surface area contributed by atoms with Crippen LogP contribution in [-0.2, 0) is 9.53 Å². The highest BCUT2D eigenvalue weighted by Crippen LogP contribution is 2.19. The predicted octanol–water partition coefficient (Wildman–Crippen LogP) is 1.92. The van der Waals surface area contributed by atoms with Crippen LogP contribution in [0.3, 0.4) is 0 Å². The molecule has 0 spiro atoms. The van der Waals surface area contributed by atoms with Gasteiger partial charge in [-0.1, -0.05) is 18.2 Å². The van der Waals surface area contributed by atoms with E-state index in [9.17, 15) is 9.59 Å². The van der Waals surface area contributed by atoms with Crippen molar-refractivity contribution in [3.05, 3.63) is 47.3 Å². The lowest BCUT2D eigenvalue weighted by atomic mass is 10.1. The quantitative estimate of drug-likeness (QED) is 0.638. The molecule has 1 fully saturated rings. The van der Waals surface area contributed by atoms with Crippen molar-refractivity contribution in [1.82, 2.24) is 14.7 Å². The molecule has 126 valence electrons. The topological polar surface area (TPSA) is 64.4 Å². The Balaban J connectivity index is 1.90. The second-order valence-electron chi connectivity index (χ2n) is 6.05. The van der Waals surface area contributed by atoms with Crippen LogP contribution in [-0.4, -0.2) is 52.2 Å². The van der Waals surface area contributed by atoms with Gasteiger partial charge in [-0.2, -0.15) is 5.10 Å². The first-order valence-electron chi connectivity index (χ1n) is 8.06. The van der Waals surface area contributed by atoms with Crippen LogP contribution < -0.4 is 0 Å². The Bertz CT molecular complexity index is 767. The number of para-hydroxylation sites is 1. The second-order valence-corrected chi connectivity index (χ2v) is 6.05. The predicted molar refractivity (Wildman–Crippen MR) is 89.4 cm³/mol. The van der Waals surface area contributed by atoms with Gasteiger partial charge in [-0.25, -0.2) is 4.68 Å². The van der Waals surface area contributed by atoms with E-state index in [1.165, 1.54) is 0 Å². The molecule has 0 aliphatic carbocycles. The van der Waals surface area contributed by atoms with Crippen molar-refractivity contribution < 1.29 is 14.3 Å². The maximum absolute atomic E-state index is 12.8. The maximum Gasteiger partial charge on any atom is 0.295 e. The van der Waals surface area contributed by atoms with Gasteiger partial charge >= 0.3 is 0 Å². The molecule has 0 unspecified atom stereocenters. The highest BCUT2D eigenvalue weighted by atomic mass is 16.5. The van der Waals surface area contributed by atoms with Crippen LogP contribution in [0.1, 0.15) is 28.7 Å². The Hall–Kier alpha value is -2.47. The average Bonchev–Trinajstić information content (AvgIpc) is 2.89. The molecule has 3 rings (SSSR count). The summed E-state index contributed by atoms with van der Waals surface area (Å²) in [6, 6.07) is 9.57. The Labute approximate surface area is 141 Å². The number of carbonyl (C=O) groups excluding carboxylic acids is 2. The number of hydrogen-bond donors (Lipinski definition) is 0. The van der Waals surface area contributed by atoms with E-state index in [4.69, 9.17) is 4.74 Å². The zero-order valence-corrected chi connectivity index (χ0v) is 14.2. The molecule has 6 nitrogen and oxygen atoms in total. The van der Waals surface area contributed by atoms with Gasteiger partial charge in [0.25, 0.3) is 11.7 Å². The third-order valence-electron chi connectivity index (χ3n) is 4.24. The fourth-order valence-corrected chi connectivity index (χ4v) is 3.05. The smallest absolute Gasteiger partial charge is 0.295 e. The van der Waals surface area contributed by atoms with Gasteiger partial charge in [-0.05, 0) is 32.9 Å². The first kappa shape index (κ1) is 16.4. The number of amides is 1. The number of aromatic nitrogens is 2. The van der Waals surface area contributed by atoms with E-state index < -0.39 is 11.7 Å². The first-order valence-corrected chi connectivity index (χ1v) is 8.06. The highest BCUT2D eigenvalue weighted by molar-refractivity contribution is 6.43. The Morgan fingerprint density at radius 1 is 1.21 bits per heavy atom. The summed E-state index contributed by atoms with van der Waals surface area (Å²) >= 11 is 0. The van der Waals surface area contributed by atoms with Gasteiger partial charge in [-0.15, -0.1) is 0 Å². The summed E-state index contributed by atoms with van der Waals surface area (Å²) in [6.45, 7) is 6.81. The van der Waals surface area contributed by atoms with Crippen LogP contribution in [0.15, 0.2) is 30.3 Å². The molecule has 1 aliphatic heterocycles. The zero-order valence-electron chi connectivity index (χ0n) is 14.2. The molecular weight excluding hydrogens is 306 g/mol. The van der Waals surface area contributed by atoms with E-state index in [1.807, 2.05) is 44.2 Å². The number of morpholine rings is 1. The molecule has 1 atom stereocenters. The summed E-state index contributed by atoms with van der Waals surface area (Å²) in [5.41, 5.74) is 2.50. The number of aryl methyl sites for hydroxylation is 1. The maximum atomic E-state index is 12.8. The lowest BCUT2D eigenvalue weighted by Gasteiger charge is -2.30. The summed E-state index contributed by atoms with van der Waals surface area (Å²) in [5.74, 6) is -0.981. The minimum absolute atomic E-state index is 0.0512. The van der Waals surface area contributed by atoms with Crippen LogP contribution in [0, 0.1) is 13.8 Å². The van der Waals surface area contributed by atoms with Gasteiger partial charge < -0.3 is 9.64 Å². The number of carbonyl (C=O) groups is 2. The van der Waals surface area contributed by atoms with Crippen molar-refractivity contribution in [2.45, 2.75) is 26.9 Å². The summed E-state index contributed by atoms with van der Waals surface area (Å²) in [6.07, 6.45) is -0.0512. The summed E-state index contributed by atoms with van der Waals surface area (Å²) in [7, 11) is 0. The fraction of sp³-hybridized carbons (Fsp3) is 0.389. The Kier molecular flexibility index (Phi) is 4.49. The molecule has 1 aromatic carbocycles. The number of ketones is 1. The van der Waals surface area contributed by atoms with Crippen LogP contribution in [0.25, 0.3) is 5.69 Å². The fourth-order valence-electron chi connectivity index (χ4n) is 3.05. The third-order valence-corrected chi connectivity index (χ3v) is 4.24. The zero-order chi connectivity index (χ0) is 17.3. The molecule has 2 aromatic rings. The van der Waals surface area contributed by atoms with Crippen LogP contribution in [0.5, 0.6) is 0 Å². The Morgan fingerprint density at radius 2 is 1.92 bits per heavy atom. The molecule has 0 radical (unpaired) electrons. The Morgan fingerprint density at radius 3 is 2.58 bits per heavy atom. The van der Waals surface area contributed by atoms with Crippen molar-refractivity contribution in [1.29, 1.82) is 0 Å². The van der Waals surface area contributed by atoms with Gasteiger partial charge in [-0.3, -0.25) is 9.59 Å². The van der Waals surface area contributed by atoms with Gasteiger partial charge in [0.05, 0.1) is 35.3 Å². The lowest BCUT2D eigenvalue weighted by Crippen LogP contribution is -2.47. The molecule has 0 N–H and O–H groups in total. The van der Waals surface area contributed by atoms with Crippen LogP contribution in [0.2, 0.25) is 0 Å². The normalized spacial score (nSPS) is 17.8. The van der Waals surface area contributed by atoms with Gasteiger partial charge in [0.15, 0.2) is 0 Å². The standard InChI is InChI=1S/C18H21N3O3/c1-12-11-20(9-10-24-12)18(23)17(22)16-13(2)19-21(14(16)3)15-7-5-4-6-8-15/h4-8,12H,9-11H2,1-3H3/t12-/m0/s1. The molecule has 2 heterocycles. The minimum Gasteiger partial charge on any atom is -0.375 e. The van der Waals surface area contributed by atoms with E-state index in [0.717, 1.165) is 5.69 Å². The molecule has 6 heteroatoms. The molecule has 0 bridgehead atoms. The van der Waals surface area contributed by atoms with Crippen LogP contribution >= 0.6 is 0 Å². The summed E-state index contributed by atoms with van der Waals surface area (Å²) in [5, 5.41) is 4.44. The monoisotopic (exact) mass is 327 g/mol. The van der Waals surface area contributed by atoms with E-state index >= 15 is 0 Å². The van der Waals surface area contributed by atoms with Gasteiger partial charge in [0, 0.05) is 13.1 Å². The number of benzene rings is 1. The number of hydrogen-bond acceptors (Lipinski definition) is 4. The SMILES string of the molecule is Cc1nn(-c2ccccc2)c(C)c1C(=O)C(=O)N1CCO[C@@H](C)C1. The van der Waals surface area contributed by atoms with Gasteiger partial charge in [0.2, 0.25) is 0 Å². The summed E-state index contributed by atoms with van der Waals surface area (Å²) in [4.78, 5) is 26.9. The first-order chi connectivity index (χ1) is 11.5. The average molecular weight is 327 g/mol. The lowest BCUT2D eigenvalue weighted by molar-refractivity contribution is -0.133. The molecule has 0 saturated carbocycles. The van der Waals surface area contributed by atoms with E-state index in [2.05, 4.69) is 5.10 Å². The highest BCUT2D eigenvalue weighted by Gasteiger charge is 2.31. The minimum atomic E-state index is -0.499. The molecule has 1 amide bonds. The van der Waals surface area contributed by atoms with E-state index in [1.54, 1.807) is 16.5 Å². The third kappa shape index (κ3) is 2.97. The van der Waals surface area contributed by atoms with E-state index in [-0.39, 0.29) is 6.10 Å². The van der Waals surface area contributed by atoms with Crippen molar-refractivity contribution in [2.24, 2.45) is 0 Å². The van der Waals surface area contributed by atoms with Gasteiger partial charge in [0.1, 0.15) is 0 Å². The van der Waals surface area contributed by atoms with Crippen molar-refractivity contribution >= 4 is 11.7 Å². The molecule has 1 aromatic heterocycles. The molecular formula is C18H21N3O3. The van der Waals surface area contributed by atoms with E-state index in [0.29, 0.717) is 36.6 Å². The van der Waals surface area contributed by atoms with Crippen molar-refractivity contribution in [3.8, 4) is 5.69 Å². The molecule has 24 heavy (non-hydrogen) atoms. The number of rotatable bonds is 3. The number of nitrogens with zero attached hydrogens (tertiary/aromatic N) is 3. The number of Topliss-reactive ketones (excluding diaryl/α,β-unsaturated/α-hetero) is 1. The van der Waals surface area contributed by atoms with Crippen molar-refractivity contribution in [3.63, 3.8) is 0 Å². The second kappa shape index (κ2) is 6.57. The molecule has 1 aliphatic rings. The van der Waals surface area contributed by atoms with Crippen molar-refractivity contribution in [2.75, 3.05) is 19.7 Å². The summed E-state index contributed by atoms with van der Waals surface area (Å²) < 4.78 is 7.14. The number of ether oxygens (including phenoxy) is 1. The van der Waals surface area contributed by atoms with Crippen LogP contribution in [0.4, 0.5) is 0 Å².